The van der Waals surface area contributed by atoms with Crippen molar-refractivity contribution in [1.82, 2.24) is 24.1 Å². The predicted molar refractivity (Wildman–Crippen MR) is 98.5 cm³/mol. The highest BCUT2D eigenvalue weighted by molar-refractivity contribution is 7.88. The van der Waals surface area contributed by atoms with Crippen LogP contribution in [0.2, 0.25) is 0 Å². The van der Waals surface area contributed by atoms with Gasteiger partial charge in [-0.1, -0.05) is 0 Å². The average Bonchev–Trinajstić information content (AvgIpc) is 2.57. The van der Waals surface area contributed by atoms with Crippen molar-refractivity contribution in [2.24, 2.45) is 7.05 Å². The van der Waals surface area contributed by atoms with Crippen LogP contribution in [-0.2, 0) is 28.3 Å². The second-order valence-electron chi connectivity index (χ2n) is 6.63. The van der Waals surface area contributed by atoms with E-state index < -0.39 is 10.0 Å². The maximum Gasteiger partial charge on any atom is 0.256 e. The molecule has 146 valence electrons. The molecule has 1 aromatic heterocycles. The smallest absolute Gasteiger partial charge is 0.256 e. The van der Waals surface area contributed by atoms with Gasteiger partial charge in [0.05, 0.1) is 18.4 Å². The fourth-order valence-corrected chi connectivity index (χ4v) is 3.73. The largest absolute Gasteiger partial charge is 0.354 e. The molecule has 0 unspecified atom stereocenters. The summed E-state index contributed by atoms with van der Waals surface area (Å²) in [6, 6.07) is 0. The van der Waals surface area contributed by atoms with Gasteiger partial charge in [-0.3, -0.25) is 19.1 Å². The number of carbonyl (C=O) groups is 1. The Morgan fingerprint density at radius 1 is 1.19 bits per heavy atom. The first kappa shape index (κ1) is 20.5. The Bertz CT molecular complexity index is 826. The lowest BCUT2D eigenvalue weighted by Gasteiger charge is -2.33. The third-order valence-electron chi connectivity index (χ3n) is 4.72. The molecule has 0 aliphatic carbocycles. The number of hydrogen-bond acceptors (Lipinski definition) is 6. The fraction of sp³-hybridized carbons (Fsp3) is 0.688. The molecule has 0 atom stereocenters. The van der Waals surface area contributed by atoms with E-state index in [9.17, 15) is 18.0 Å². The molecule has 1 aromatic rings. The Kier molecular flexibility index (Phi) is 6.53. The minimum absolute atomic E-state index is 0.0740. The van der Waals surface area contributed by atoms with Crippen LogP contribution < -0.4 is 10.9 Å². The van der Waals surface area contributed by atoms with Crippen LogP contribution in [0.3, 0.4) is 0 Å². The normalized spacial score (nSPS) is 16.6. The second-order valence-corrected chi connectivity index (χ2v) is 8.61. The number of rotatable bonds is 6. The molecule has 9 nitrogen and oxygen atoms in total. The minimum atomic E-state index is -3.13. The lowest BCUT2D eigenvalue weighted by Crippen LogP contribution is -2.50. The molecule has 1 aliphatic rings. The van der Waals surface area contributed by atoms with Gasteiger partial charge in [0.15, 0.2) is 0 Å². The molecule has 26 heavy (non-hydrogen) atoms. The van der Waals surface area contributed by atoms with Crippen molar-refractivity contribution >= 4 is 15.9 Å². The number of nitrogens with zero attached hydrogens (tertiary/aromatic N) is 4. The summed E-state index contributed by atoms with van der Waals surface area (Å²) in [7, 11) is -1.47. The highest BCUT2D eigenvalue weighted by atomic mass is 32.2. The van der Waals surface area contributed by atoms with Crippen molar-refractivity contribution in [1.29, 1.82) is 0 Å². The van der Waals surface area contributed by atoms with Crippen LogP contribution in [0.1, 0.15) is 17.1 Å². The van der Waals surface area contributed by atoms with Gasteiger partial charge >= 0.3 is 0 Å². The molecular formula is C16H27N5O4S. The Hall–Kier alpha value is -1.78. The van der Waals surface area contributed by atoms with E-state index in [1.54, 1.807) is 20.9 Å². The minimum Gasteiger partial charge on any atom is -0.354 e. The van der Waals surface area contributed by atoms with Crippen LogP contribution in [0.15, 0.2) is 4.79 Å². The van der Waals surface area contributed by atoms with E-state index in [1.807, 2.05) is 0 Å². The third kappa shape index (κ3) is 5.12. The molecule has 0 saturated carbocycles. The highest BCUT2D eigenvalue weighted by Crippen LogP contribution is 2.05. The lowest BCUT2D eigenvalue weighted by molar-refractivity contribution is -0.120. The summed E-state index contributed by atoms with van der Waals surface area (Å²) in [5, 5.41) is 2.84. The second kappa shape index (κ2) is 8.28. The molecule has 1 aliphatic heterocycles. The summed E-state index contributed by atoms with van der Waals surface area (Å²) in [5.41, 5.74) is 0.860. The first-order valence-corrected chi connectivity index (χ1v) is 10.4. The first-order chi connectivity index (χ1) is 12.1. The van der Waals surface area contributed by atoms with E-state index in [0.717, 1.165) is 0 Å². The number of piperazine rings is 1. The van der Waals surface area contributed by atoms with Gasteiger partial charge < -0.3 is 5.32 Å². The van der Waals surface area contributed by atoms with Crippen molar-refractivity contribution in [2.45, 2.75) is 20.3 Å². The zero-order chi connectivity index (χ0) is 19.5. The zero-order valence-corrected chi connectivity index (χ0v) is 16.6. The molecule has 1 saturated heterocycles. The van der Waals surface area contributed by atoms with Crippen molar-refractivity contribution < 1.29 is 13.2 Å². The zero-order valence-electron chi connectivity index (χ0n) is 15.8. The molecule has 2 rings (SSSR count). The van der Waals surface area contributed by atoms with E-state index in [4.69, 9.17) is 0 Å². The van der Waals surface area contributed by atoms with Crippen molar-refractivity contribution in [2.75, 3.05) is 45.5 Å². The monoisotopic (exact) mass is 385 g/mol. The molecule has 0 spiro atoms. The lowest BCUT2D eigenvalue weighted by atomic mass is 10.2. The molecule has 1 amide bonds. The quantitative estimate of drug-likeness (QED) is 0.648. The van der Waals surface area contributed by atoms with Crippen molar-refractivity contribution in [3.63, 3.8) is 0 Å². The Morgan fingerprint density at radius 3 is 2.38 bits per heavy atom. The highest BCUT2D eigenvalue weighted by Gasteiger charge is 2.23. The van der Waals surface area contributed by atoms with Crippen LogP contribution in [0.5, 0.6) is 0 Å². The first-order valence-electron chi connectivity index (χ1n) is 8.57. The fourth-order valence-electron chi connectivity index (χ4n) is 2.90. The predicted octanol–water partition coefficient (Wildman–Crippen LogP) is -1.37. The maximum absolute atomic E-state index is 12.1. The molecule has 0 radical (unpaired) electrons. The SMILES string of the molecule is Cc1c(CC(=O)NCCN2CCN(S(C)(=O)=O)CC2)nc(C)n(C)c1=O. The van der Waals surface area contributed by atoms with E-state index in [2.05, 4.69) is 15.2 Å². The van der Waals surface area contributed by atoms with E-state index in [1.165, 1.54) is 15.1 Å². The van der Waals surface area contributed by atoms with Gasteiger partial charge in [-0.05, 0) is 13.8 Å². The Morgan fingerprint density at radius 2 is 1.81 bits per heavy atom. The number of carbonyl (C=O) groups excluding carboxylic acids is 1. The summed E-state index contributed by atoms with van der Waals surface area (Å²) >= 11 is 0. The van der Waals surface area contributed by atoms with Gasteiger partial charge in [-0.2, -0.15) is 4.31 Å². The molecular weight excluding hydrogens is 358 g/mol. The number of aromatic nitrogens is 2. The van der Waals surface area contributed by atoms with Gasteiger partial charge in [0.25, 0.3) is 5.56 Å². The van der Waals surface area contributed by atoms with Crippen molar-refractivity contribution in [3.05, 3.63) is 27.4 Å². The van der Waals surface area contributed by atoms with Crippen LogP contribution in [-0.4, -0.2) is 78.6 Å². The van der Waals surface area contributed by atoms with Crippen LogP contribution in [0.4, 0.5) is 0 Å². The topological polar surface area (TPSA) is 105 Å². The van der Waals surface area contributed by atoms with E-state index in [0.29, 0.717) is 56.4 Å². The van der Waals surface area contributed by atoms with Gasteiger partial charge in [-0.25, -0.2) is 13.4 Å². The van der Waals surface area contributed by atoms with Crippen molar-refractivity contribution in [3.8, 4) is 0 Å². The van der Waals surface area contributed by atoms with Gasteiger partial charge in [0.2, 0.25) is 15.9 Å². The maximum atomic E-state index is 12.1. The number of nitrogens with one attached hydrogen (secondary N) is 1. The van der Waals surface area contributed by atoms with E-state index >= 15 is 0 Å². The number of amides is 1. The molecule has 1 fully saturated rings. The molecule has 1 N–H and O–H groups in total. The summed E-state index contributed by atoms with van der Waals surface area (Å²) in [5.74, 6) is 0.398. The summed E-state index contributed by atoms with van der Waals surface area (Å²) in [6.45, 7) is 6.79. The summed E-state index contributed by atoms with van der Waals surface area (Å²) in [6.07, 6.45) is 1.29. The van der Waals surface area contributed by atoms with Gasteiger partial charge in [-0.15, -0.1) is 0 Å². The molecule has 0 aromatic carbocycles. The van der Waals surface area contributed by atoms with E-state index in [-0.39, 0.29) is 17.9 Å². The number of aryl methyl sites for hydroxylation is 1. The summed E-state index contributed by atoms with van der Waals surface area (Å²) < 4.78 is 25.9. The van der Waals surface area contributed by atoms with Crippen LogP contribution in [0.25, 0.3) is 0 Å². The van der Waals surface area contributed by atoms with Gasteiger partial charge in [0, 0.05) is 51.9 Å². The average molecular weight is 385 g/mol. The third-order valence-corrected chi connectivity index (χ3v) is 6.02. The summed E-state index contributed by atoms with van der Waals surface area (Å²) in [4.78, 5) is 30.6. The number of sulfonamides is 1. The van der Waals surface area contributed by atoms with Gasteiger partial charge in [0.1, 0.15) is 5.82 Å². The molecule has 10 heteroatoms. The van der Waals surface area contributed by atoms with Crippen LogP contribution in [0, 0.1) is 13.8 Å². The van der Waals surface area contributed by atoms with Crippen LogP contribution >= 0.6 is 0 Å². The molecule has 2 heterocycles. The Labute approximate surface area is 154 Å². The Balaban J connectivity index is 1.79. The number of hydrogen-bond donors (Lipinski definition) is 1. The molecule has 0 bridgehead atoms. The standard InChI is InChI=1S/C16H27N5O4S/c1-12-14(18-13(2)19(3)16(12)23)11-15(22)17-5-6-20-7-9-21(10-8-20)26(4,24)25/h5-11H2,1-4H3,(H,17,22).